The van der Waals surface area contributed by atoms with E-state index in [1.807, 2.05) is 13.8 Å². The van der Waals surface area contributed by atoms with E-state index in [1.165, 1.54) is 58.7 Å². The molecule has 0 radical (unpaired) electrons. The SMILES string of the molecule is COc1ccc(S(=O)(=O)N(C)C)cc1NC(=O)C(NC(=O)C12CC3CC(CC(C3)C1)C2)C(C)C. The van der Waals surface area contributed by atoms with Gasteiger partial charge in [0, 0.05) is 19.5 Å². The molecule has 1 aromatic rings. The highest BCUT2D eigenvalue weighted by Crippen LogP contribution is 2.60. The van der Waals surface area contributed by atoms with Crippen LogP contribution in [0.1, 0.15) is 52.4 Å². The maximum atomic E-state index is 13.6. The molecule has 34 heavy (non-hydrogen) atoms. The minimum atomic E-state index is -3.69. The minimum absolute atomic E-state index is 0.00338. The van der Waals surface area contributed by atoms with Gasteiger partial charge in [-0.2, -0.15) is 0 Å². The van der Waals surface area contributed by atoms with Crippen LogP contribution in [0.4, 0.5) is 5.69 Å². The van der Waals surface area contributed by atoms with Crippen LogP contribution in [-0.4, -0.2) is 51.8 Å². The van der Waals surface area contributed by atoms with Gasteiger partial charge in [-0.15, -0.1) is 0 Å². The van der Waals surface area contributed by atoms with Gasteiger partial charge in [0.2, 0.25) is 21.8 Å². The number of methoxy groups -OCH3 is 1. The molecule has 2 amide bonds. The molecule has 9 heteroatoms. The number of ether oxygens (including phenoxy) is 1. The lowest BCUT2D eigenvalue weighted by atomic mass is 9.49. The number of amides is 2. The Labute approximate surface area is 202 Å². The van der Waals surface area contributed by atoms with Gasteiger partial charge >= 0.3 is 0 Å². The molecule has 1 aromatic carbocycles. The van der Waals surface area contributed by atoms with Crippen molar-refractivity contribution in [2.24, 2.45) is 29.1 Å². The second-order valence-electron chi connectivity index (χ2n) is 11.0. The first kappa shape index (κ1) is 25.0. The lowest BCUT2D eigenvalue weighted by Gasteiger charge is -2.55. The highest BCUT2D eigenvalue weighted by molar-refractivity contribution is 7.89. The number of anilines is 1. The average Bonchev–Trinajstić information content (AvgIpc) is 2.75. The summed E-state index contributed by atoms with van der Waals surface area (Å²) < 4.78 is 31.6. The van der Waals surface area contributed by atoms with Crippen LogP contribution in [0.2, 0.25) is 0 Å². The van der Waals surface area contributed by atoms with E-state index in [1.54, 1.807) is 0 Å². The number of carbonyl (C=O) groups is 2. The fourth-order valence-electron chi connectivity index (χ4n) is 6.58. The number of nitrogens with zero attached hydrogens (tertiary/aromatic N) is 1. The molecule has 8 nitrogen and oxygen atoms in total. The summed E-state index contributed by atoms with van der Waals surface area (Å²) in [6.45, 7) is 3.79. The van der Waals surface area contributed by atoms with Crippen LogP contribution in [0.3, 0.4) is 0 Å². The van der Waals surface area contributed by atoms with Crippen LogP contribution in [0, 0.1) is 29.1 Å². The highest BCUT2D eigenvalue weighted by Gasteiger charge is 2.55. The van der Waals surface area contributed by atoms with Gasteiger partial charge in [0.15, 0.2) is 0 Å². The van der Waals surface area contributed by atoms with Crippen molar-refractivity contribution in [3.05, 3.63) is 18.2 Å². The first-order valence-electron chi connectivity index (χ1n) is 12.2. The van der Waals surface area contributed by atoms with Crippen LogP contribution in [0.25, 0.3) is 0 Å². The summed E-state index contributed by atoms with van der Waals surface area (Å²) in [6, 6.07) is 3.62. The van der Waals surface area contributed by atoms with Crippen molar-refractivity contribution in [3.63, 3.8) is 0 Å². The van der Waals surface area contributed by atoms with Crippen molar-refractivity contribution < 1.29 is 22.7 Å². The van der Waals surface area contributed by atoms with Crippen LogP contribution < -0.4 is 15.4 Å². The Bertz CT molecular complexity index is 1030. The number of benzene rings is 1. The molecule has 0 heterocycles. The Hall–Kier alpha value is -2.13. The maximum Gasteiger partial charge on any atom is 0.247 e. The average molecular weight is 492 g/mol. The van der Waals surface area contributed by atoms with Gasteiger partial charge < -0.3 is 15.4 Å². The zero-order chi connectivity index (χ0) is 24.8. The van der Waals surface area contributed by atoms with Crippen LogP contribution >= 0.6 is 0 Å². The number of hydrogen-bond donors (Lipinski definition) is 2. The van der Waals surface area contributed by atoms with Crippen molar-refractivity contribution in [2.45, 2.75) is 63.3 Å². The molecule has 1 unspecified atom stereocenters. The van der Waals surface area contributed by atoms with Gasteiger partial charge in [-0.25, -0.2) is 12.7 Å². The molecule has 1 atom stereocenters. The predicted octanol–water partition coefficient (Wildman–Crippen LogP) is 3.24. The van der Waals surface area contributed by atoms with E-state index >= 15 is 0 Å². The van der Waals surface area contributed by atoms with E-state index in [9.17, 15) is 18.0 Å². The first-order chi connectivity index (χ1) is 15.9. The van der Waals surface area contributed by atoms with Crippen molar-refractivity contribution >= 4 is 27.5 Å². The Morgan fingerprint density at radius 3 is 2.09 bits per heavy atom. The third-order valence-corrected chi connectivity index (χ3v) is 9.77. The van der Waals surface area contributed by atoms with Crippen LogP contribution in [0.5, 0.6) is 5.75 Å². The molecule has 4 saturated carbocycles. The lowest BCUT2D eigenvalue weighted by Crippen LogP contribution is -2.57. The topological polar surface area (TPSA) is 105 Å². The van der Waals surface area contributed by atoms with Crippen molar-refractivity contribution in [3.8, 4) is 5.75 Å². The normalized spacial score (nSPS) is 28.7. The quantitative estimate of drug-likeness (QED) is 0.581. The van der Waals surface area contributed by atoms with E-state index < -0.39 is 16.1 Å². The number of sulfonamides is 1. The van der Waals surface area contributed by atoms with Gasteiger partial charge in [0.05, 0.1) is 17.7 Å². The summed E-state index contributed by atoms with van der Waals surface area (Å²) in [5.74, 6) is 1.72. The number of nitrogens with one attached hydrogen (secondary N) is 2. The summed E-state index contributed by atoms with van der Waals surface area (Å²) in [7, 11) is 0.675. The molecular weight excluding hydrogens is 454 g/mol. The summed E-state index contributed by atoms with van der Waals surface area (Å²) >= 11 is 0. The third-order valence-electron chi connectivity index (χ3n) is 7.96. The molecule has 0 aromatic heterocycles. The molecule has 0 saturated heterocycles. The molecule has 0 spiro atoms. The molecule has 188 valence electrons. The number of carbonyl (C=O) groups excluding carboxylic acids is 2. The summed E-state index contributed by atoms with van der Waals surface area (Å²) in [4.78, 5) is 26.9. The van der Waals surface area contributed by atoms with E-state index in [0.29, 0.717) is 23.5 Å². The number of rotatable bonds is 8. The second-order valence-corrected chi connectivity index (χ2v) is 13.2. The molecule has 4 aliphatic carbocycles. The van der Waals surface area contributed by atoms with Crippen LogP contribution in [0.15, 0.2) is 23.1 Å². The third kappa shape index (κ3) is 4.56. The monoisotopic (exact) mass is 491 g/mol. The molecule has 0 aliphatic heterocycles. The predicted molar refractivity (Wildman–Crippen MR) is 130 cm³/mol. The molecule has 4 aliphatic rings. The van der Waals surface area contributed by atoms with E-state index in [2.05, 4.69) is 10.6 Å². The summed E-state index contributed by atoms with van der Waals surface area (Å²) in [6.07, 6.45) is 6.51. The Kier molecular flexibility index (Phi) is 6.72. The summed E-state index contributed by atoms with van der Waals surface area (Å²) in [5, 5.41) is 5.89. The van der Waals surface area contributed by atoms with Gasteiger partial charge in [0.1, 0.15) is 11.8 Å². The first-order valence-corrected chi connectivity index (χ1v) is 13.6. The lowest BCUT2D eigenvalue weighted by molar-refractivity contribution is -0.148. The molecule has 4 fully saturated rings. The Morgan fingerprint density at radius 1 is 1.06 bits per heavy atom. The Balaban J connectivity index is 1.53. The van der Waals surface area contributed by atoms with Crippen molar-refractivity contribution in [2.75, 3.05) is 26.5 Å². The number of hydrogen-bond acceptors (Lipinski definition) is 5. The van der Waals surface area contributed by atoms with Gasteiger partial charge in [0.25, 0.3) is 0 Å². The fraction of sp³-hybridized carbons (Fsp3) is 0.680. The summed E-state index contributed by atoms with van der Waals surface area (Å²) in [5.41, 5.74) is -0.0929. The molecule has 5 rings (SSSR count). The highest BCUT2D eigenvalue weighted by atomic mass is 32.2. The minimum Gasteiger partial charge on any atom is -0.495 e. The Morgan fingerprint density at radius 2 is 1.62 bits per heavy atom. The zero-order valence-corrected chi connectivity index (χ0v) is 21.6. The maximum absolute atomic E-state index is 13.6. The molecule has 2 N–H and O–H groups in total. The van der Waals surface area contributed by atoms with Crippen molar-refractivity contribution in [1.29, 1.82) is 0 Å². The molecule has 4 bridgehead atoms. The second kappa shape index (κ2) is 9.15. The fourth-order valence-corrected chi connectivity index (χ4v) is 7.51. The standard InChI is InChI=1S/C25H37N3O5S/c1-15(2)22(27-24(30)25-12-16-8-17(13-25)10-18(9-16)14-25)23(29)26-20-11-19(6-7-21(20)33-5)34(31,32)28(3)4/h6-7,11,15-18,22H,8-10,12-14H2,1-5H3,(H,26,29)(H,27,30). The van der Waals surface area contributed by atoms with Gasteiger partial charge in [-0.05, 0) is 80.4 Å². The van der Waals surface area contributed by atoms with E-state index in [-0.39, 0.29) is 33.7 Å². The molecular formula is C25H37N3O5S. The largest absolute Gasteiger partial charge is 0.495 e. The van der Waals surface area contributed by atoms with Gasteiger partial charge in [-0.1, -0.05) is 13.8 Å². The van der Waals surface area contributed by atoms with E-state index in [4.69, 9.17) is 4.74 Å². The zero-order valence-electron chi connectivity index (χ0n) is 20.8. The smallest absolute Gasteiger partial charge is 0.247 e. The van der Waals surface area contributed by atoms with Gasteiger partial charge in [-0.3, -0.25) is 9.59 Å². The van der Waals surface area contributed by atoms with Crippen molar-refractivity contribution in [1.82, 2.24) is 9.62 Å². The van der Waals surface area contributed by atoms with Crippen LogP contribution in [-0.2, 0) is 19.6 Å². The van der Waals surface area contributed by atoms with E-state index in [0.717, 1.165) is 23.6 Å².